The van der Waals surface area contributed by atoms with Crippen molar-refractivity contribution in [3.63, 3.8) is 0 Å². The molecule has 0 aromatic heterocycles. The second kappa shape index (κ2) is 12.1. The van der Waals surface area contributed by atoms with Crippen LogP contribution in [0.2, 0.25) is 0 Å². The lowest BCUT2D eigenvalue weighted by Gasteiger charge is -2.30. The Bertz CT molecular complexity index is 822. The maximum Gasteiger partial charge on any atom is 0.252 e. The highest BCUT2D eigenvalue weighted by Gasteiger charge is 2.33. The van der Waals surface area contributed by atoms with Crippen LogP contribution >= 0.6 is 0 Å². The van der Waals surface area contributed by atoms with Gasteiger partial charge in [-0.25, -0.2) is 0 Å². The van der Waals surface area contributed by atoms with E-state index in [0.717, 1.165) is 38.2 Å². The molecule has 1 aromatic rings. The number of hydrogen-bond acceptors (Lipinski definition) is 6. The first-order valence-corrected chi connectivity index (χ1v) is 12.1. The number of ether oxygens (including phenoxy) is 1. The molecule has 8 nitrogen and oxygen atoms in total. The Morgan fingerprint density at radius 1 is 1.21 bits per heavy atom. The van der Waals surface area contributed by atoms with E-state index >= 15 is 0 Å². The Kier molecular flexibility index (Phi) is 9.26. The van der Waals surface area contributed by atoms with Gasteiger partial charge in [-0.15, -0.1) is 0 Å². The fourth-order valence-electron chi connectivity index (χ4n) is 4.39. The number of piperidine rings is 1. The average molecular weight is 459 g/mol. The van der Waals surface area contributed by atoms with Gasteiger partial charge in [-0.1, -0.05) is 26.8 Å². The van der Waals surface area contributed by atoms with Crippen LogP contribution < -0.4 is 21.3 Å². The van der Waals surface area contributed by atoms with Crippen molar-refractivity contribution in [2.45, 2.75) is 52.1 Å². The first kappa shape index (κ1) is 25.2. The van der Waals surface area contributed by atoms with E-state index in [0.29, 0.717) is 24.5 Å². The standard InChI is InChI=1S/C25H38N4O4/c1-16(2)11-21(25(32)29-23-17(3)14-33-15-22(23)30)28-24(31)19-5-4-6-20(12-19)27-13-18-7-9-26-10-8-18/h4-6,12,16-18,21,23,26-27H,7-11,13-15H2,1-3H3,(H,28,31)(H,29,32)/t17-,21?,23+/m1/s1. The lowest BCUT2D eigenvalue weighted by atomic mass is 9.95. The van der Waals surface area contributed by atoms with Crippen molar-refractivity contribution in [1.29, 1.82) is 0 Å². The second-order valence-corrected chi connectivity index (χ2v) is 9.76. The topological polar surface area (TPSA) is 109 Å². The number of amides is 2. The van der Waals surface area contributed by atoms with Crippen LogP contribution in [0.3, 0.4) is 0 Å². The van der Waals surface area contributed by atoms with E-state index in [1.54, 1.807) is 6.07 Å². The highest BCUT2D eigenvalue weighted by molar-refractivity contribution is 5.99. The SMILES string of the molecule is CC(C)CC(NC(=O)c1cccc(NCC2CCNCC2)c1)C(=O)N[C@@H]1C(=O)COC[C@H]1C. The second-order valence-electron chi connectivity index (χ2n) is 9.76. The van der Waals surface area contributed by atoms with Crippen molar-refractivity contribution < 1.29 is 19.1 Å². The van der Waals surface area contributed by atoms with Crippen molar-refractivity contribution in [1.82, 2.24) is 16.0 Å². The summed E-state index contributed by atoms with van der Waals surface area (Å²) >= 11 is 0. The highest BCUT2D eigenvalue weighted by Crippen LogP contribution is 2.17. The average Bonchev–Trinajstić information content (AvgIpc) is 2.80. The van der Waals surface area contributed by atoms with Crippen LogP contribution in [0.5, 0.6) is 0 Å². The zero-order valence-corrected chi connectivity index (χ0v) is 20.0. The molecule has 1 unspecified atom stereocenters. The fraction of sp³-hybridized carbons (Fsp3) is 0.640. The van der Waals surface area contributed by atoms with Gasteiger partial charge in [0.1, 0.15) is 12.6 Å². The van der Waals surface area contributed by atoms with Crippen molar-refractivity contribution in [3.8, 4) is 0 Å². The van der Waals surface area contributed by atoms with Crippen molar-refractivity contribution in [2.75, 3.05) is 38.2 Å². The molecule has 1 aromatic carbocycles. The predicted molar refractivity (Wildman–Crippen MR) is 128 cm³/mol. The number of carbonyl (C=O) groups excluding carboxylic acids is 3. The molecule has 2 aliphatic rings. The summed E-state index contributed by atoms with van der Waals surface area (Å²) < 4.78 is 5.24. The normalized spacial score (nSPS) is 22.6. The summed E-state index contributed by atoms with van der Waals surface area (Å²) in [5.41, 5.74) is 1.40. The summed E-state index contributed by atoms with van der Waals surface area (Å²) in [5.74, 6) is -0.0467. The minimum Gasteiger partial charge on any atom is -0.385 e. The largest absolute Gasteiger partial charge is 0.385 e. The molecule has 2 aliphatic heterocycles. The molecular weight excluding hydrogens is 420 g/mol. The van der Waals surface area contributed by atoms with Crippen molar-refractivity contribution in [2.24, 2.45) is 17.8 Å². The Labute approximate surface area is 196 Å². The summed E-state index contributed by atoms with van der Waals surface area (Å²) in [6.07, 6.45) is 2.78. The smallest absolute Gasteiger partial charge is 0.252 e. The Balaban J connectivity index is 1.61. The molecule has 3 atom stereocenters. The Hall–Kier alpha value is -2.45. The monoisotopic (exact) mass is 458 g/mol. The summed E-state index contributed by atoms with van der Waals surface area (Å²) in [7, 11) is 0. The number of rotatable bonds is 9. The van der Waals surface area contributed by atoms with Gasteiger partial charge in [0.15, 0.2) is 5.78 Å². The number of Topliss-reactive ketones (excluding diaryl/α,β-unsaturated/α-hetero) is 1. The first-order valence-electron chi connectivity index (χ1n) is 12.1. The van der Waals surface area contributed by atoms with Gasteiger partial charge in [-0.3, -0.25) is 14.4 Å². The van der Waals surface area contributed by atoms with E-state index in [4.69, 9.17) is 4.74 Å². The molecule has 8 heteroatoms. The van der Waals surface area contributed by atoms with E-state index in [1.807, 2.05) is 39.0 Å². The van der Waals surface area contributed by atoms with Crippen molar-refractivity contribution in [3.05, 3.63) is 29.8 Å². The van der Waals surface area contributed by atoms with Gasteiger partial charge in [-0.2, -0.15) is 0 Å². The number of hydrogen-bond donors (Lipinski definition) is 4. The zero-order chi connectivity index (χ0) is 23.8. The number of anilines is 1. The van der Waals surface area contributed by atoms with Gasteiger partial charge < -0.3 is 26.0 Å². The van der Waals surface area contributed by atoms with Crippen LogP contribution in [-0.4, -0.2) is 62.5 Å². The molecule has 2 heterocycles. The van der Waals surface area contributed by atoms with E-state index in [2.05, 4.69) is 21.3 Å². The quantitative estimate of drug-likeness (QED) is 0.451. The molecule has 0 radical (unpaired) electrons. The lowest BCUT2D eigenvalue weighted by molar-refractivity contribution is -0.137. The van der Waals surface area contributed by atoms with E-state index in [1.165, 1.54) is 0 Å². The van der Waals surface area contributed by atoms with Gasteiger partial charge in [0, 0.05) is 23.7 Å². The Morgan fingerprint density at radius 3 is 2.67 bits per heavy atom. The third-order valence-electron chi connectivity index (χ3n) is 6.35. The molecule has 2 saturated heterocycles. The van der Waals surface area contributed by atoms with Crippen LogP contribution in [0.4, 0.5) is 5.69 Å². The van der Waals surface area contributed by atoms with Gasteiger partial charge in [-0.05, 0) is 62.4 Å². The van der Waals surface area contributed by atoms with Gasteiger partial charge in [0.25, 0.3) is 5.91 Å². The molecule has 2 fully saturated rings. The van der Waals surface area contributed by atoms with E-state index in [-0.39, 0.29) is 36.0 Å². The third kappa shape index (κ3) is 7.54. The summed E-state index contributed by atoms with van der Waals surface area (Å²) in [6.45, 7) is 9.28. The molecule has 3 rings (SSSR count). The Morgan fingerprint density at radius 2 is 1.97 bits per heavy atom. The molecule has 182 valence electrons. The summed E-state index contributed by atoms with van der Waals surface area (Å²) in [6, 6.07) is 6.07. The molecule has 0 spiro atoms. The maximum absolute atomic E-state index is 13.0. The maximum atomic E-state index is 13.0. The van der Waals surface area contributed by atoms with Crippen LogP contribution in [0.15, 0.2) is 24.3 Å². The van der Waals surface area contributed by atoms with E-state index < -0.39 is 12.1 Å². The minimum atomic E-state index is -0.716. The lowest BCUT2D eigenvalue weighted by Crippen LogP contribution is -2.56. The number of benzene rings is 1. The minimum absolute atomic E-state index is 0.00759. The molecule has 0 saturated carbocycles. The number of nitrogens with one attached hydrogen (secondary N) is 4. The zero-order valence-electron chi connectivity index (χ0n) is 20.0. The molecule has 2 amide bonds. The van der Waals surface area contributed by atoms with Crippen molar-refractivity contribution >= 4 is 23.3 Å². The highest BCUT2D eigenvalue weighted by atomic mass is 16.5. The molecule has 0 bridgehead atoms. The van der Waals surface area contributed by atoms with E-state index in [9.17, 15) is 14.4 Å². The van der Waals surface area contributed by atoms with Crippen LogP contribution in [0, 0.1) is 17.8 Å². The molecule has 0 aliphatic carbocycles. The van der Waals surface area contributed by atoms with Crippen LogP contribution in [-0.2, 0) is 14.3 Å². The summed E-state index contributed by atoms with van der Waals surface area (Å²) in [5, 5.41) is 12.6. The first-order chi connectivity index (χ1) is 15.8. The molecular formula is C25H38N4O4. The predicted octanol–water partition coefficient (Wildman–Crippen LogP) is 1.96. The van der Waals surface area contributed by atoms with Gasteiger partial charge in [0.05, 0.1) is 12.6 Å². The van der Waals surface area contributed by atoms with Gasteiger partial charge in [0.2, 0.25) is 5.91 Å². The third-order valence-corrected chi connectivity index (χ3v) is 6.35. The number of carbonyl (C=O) groups is 3. The van der Waals surface area contributed by atoms with Crippen LogP contribution in [0.25, 0.3) is 0 Å². The number of ketones is 1. The van der Waals surface area contributed by atoms with Gasteiger partial charge >= 0.3 is 0 Å². The molecule has 4 N–H and O–H groups in total. The van der Waals surface area contributed by atoms with Crippen LogP contribution in [0.1, 0.15) is 50.4 Å². The molecule has 33 heavy (non-hydrogen) atoms. The fourth-order valence-corrected chi connectivity index (χ4v) is 4.39. The summed E-state index contributed by atoms with van der Waals surface area (Å²) in [4.78, 5) is 38.2.